The molecule has 0 saturated heterocycles. The second-order valence-electron chi connectivity index (χ2n) is 5.36. The number of nitrogens with one attached hydrogen (secondary N) is 2. The van der Waals surface area contributed by atoms with Crippen LogP contribution in [0.15, 0.2) is 36.7 Å². The third kappa shape index (κ3) is 2.18. The summed E-state index contributed by atoms with van der Waals surface area (Å²) in [4.78, 5) is 26.7. The summed E-state index contributed by atoms with van der Waals surface area (Å²) in [6, 6.07) is 6.77. The van der Waals surface area contributed by atoms with Crippen LogP contribution in [0, 0.1) is 5.92 Å². The molecule has 0 saturated carbocycles. The molecule has 6 heteroatoms. The zero-order chi connectivity index (χ0) is 15.0. The lowest BCUT2D eigenvalue weighted by Crippen LogP contribution is -2.53. The zero-order valence-electron chi connectivity index (χ0n) is 11.8. The summed E-state index contributed by atoms with van der Waals surface area (Å²) < 4.78 is 0. The maximum atomic E-state index is 12.8. The molecule has 108 valence electrons. The van der Waals surface area contributed by atoms with Crippen molar-refractivity contribution in [3.63, 3.8) is 0 Å². The molecule has 1 atom stereocenters. The van der Waals surface area contributed by atoms with Gasteiger partial charge in [0.15, 0.2) is 0 Å². The minimum atomic E-state index is -0.540. The van der Waals surface area contributed by atoms with Crippen molar-refractivity contribution in [2.24, 2.45) is 5.92 Å². The number of H-pyrrole nitrogens is 1. The number of aromatic nitrogens is 2. The van der Waals surface area contributed by atoms with Gasteiger partial charge in [0.2, 0.25) is 5.91 Å². The smallest absolute Gasteiger partial charge is 0.262 e. The van der Waals surface area contributed by atoms with E-state index >= 15 is 0 Å². The molecule has 1 aromatic heterocycles. The maximum absolute atomic E-state index is 12.8. The first-order chi connectivity index (χ1) is 10.1. The summed E-state index contributed by atoms with van der Waals surface area (Å²) in [6.45, 7) is 3.85. The average molecular weight is 284 g/mol. The number of amides is 2. The lowest BCUT2D eigenvalue weighted by atomic mass is 9.97. The number of hydrogen-bond acceptors (Lipinski definition) is 3. The van der Waals surface area contributed by atoms with E-state index in [1.807, 2.05) is 32.0 Å². The molecule has 0 spiro atoms. The van der Waals surface area contributed by atoms with Crippen LogP contribution >= 0.6 is 0 Å². The van der Waals surface area contributed by atoms with Crippen LogP contribution < -0.4 is 10.2 Å². The summed E-state index contributed by atoms with van der Waals surface area (Å²) >= 11 is 0. The van der Waals surface area contributed by atoms with E-state index in [-0.39, 0.29) is 17.7 Å². The fourth-order valence-corrected chi connectivity index (χ4v) is 2.61. The Balaban J connectivity index is 2.12. The molecular formula is C15H16N4O2. The Bertz CT molecular complexity index is 679. The van der Waals surface area contributed by atoms with Gasteiger partial charge in [-0.2, -0.15) is 5.10 Å². The standard InChI is InChI=1S/C15H16N4O2/c1-9(2)13-14(20)18-11-5-3-4-6-12(11)19(13)15(21)10-7-16-17-8-10/h3-9,13H,1-2H3,(H,16,17)(H,18,20)/t13-/m0/s1. The van der Waals surface area contributed by atoms with Crippen LogP contribution in [-0.4, -0.2) is 28.1 Å². The van der Waals surface area contributed by atoms with Crippen molar-refractivity contribution < 1.29 is 9.59 Å². The van der Waals surface area contributed by atoms with E-state index in [2.05, 4.69) is 15.5 Å². The van der Waals surface area contributed by atoms with Crippen molar-refractivity contribution in [1.29, 1.82) is 0 Å². The Labute approximate surface area is 122 Å². The van der Waals surface area contributed by atoms with Crippen molar-refractivity contribution in [1.82, 2.24) is 10.2 Å². The van der Waals surface area contributed by atoms with Gasteiger partial charge in [-0.1, -0.05) is 26.0 Å². The van der Waals surface area contributed by atoms with Crippen molar-refractivity contribution >= 4 is 23.2 Å². The second kappa shape index (κ2) is 5.05. The van der Waals surface area contributed by atoms with E-state index in [0.717, 1.165) is 0 Å². The number of para-hydroxylation sites is 2. The summed E-state index contributed by atoms with van der Waals surface area (Å²) in [7, 11) is 0. The molecule has 2 aromatic rings. The highest BCUT2D eigenvalue weighted by Crippen LogP contribution is 2.35. The van der Waals surface area contributed by atoms with Crippen molar-refractivity contribution in [2.75, 3.05) is 10.2 Å². The highest BCUT2D eigenvalue weighted by Gasteiger charge is 2.39. The molecule has 21 heavy (non-hydrogen) atoms. The molecule has 0 aliphatic carbocycles. The van der Waals surface area contributed by atoms with Gasteiger partial charge in [0, 0.05) is 6.20 Å². The number of rotatable bonds is 2. The number of carbonyl (C=O) groups is 2. The zero-order valence-corrected chi connectivity index (χ0v) is 11.8. The van der Waals surface area contributed by atoms with E-state index in [0.29, 0.717) is 16.9 Å². The monoisotopic (exact) mass is 284 g/mol. The predicted molar refractivity (Wildman–Crippen MR) is 79.1 cm³/mol. The van der Waals surface area contributed by atoms with Gasteiger partial charge in [-0.25, -0.2) is 0 Å². The van der Waals surface area contributed by atoms with Crippen LogP contribution in [0.2, 0.25) is 0 Å². The third-order valence-corrected chi connectivity index (χ3v) is 3.56. The molecule has 0 radical (unpaired) electrons. The van der Waals surface area contributed by atoms with Gasteiger partial charge in [-0.15, -0.1) is 0 Å². The molecule has 1 aliphatic heterocycles. The van der Waals surface area contributed by atoms with Gasteiger partial charge >= 0.3 is 0 Å². The molecule has 2 N–H and O–H groups in total. The molecule has 0 fully saturated rings. The number of nitrogens with zero attached hydrogens (tertiary/aromatic N) is 2. The van der Waals surface area contributed by atoms with Crippen LogP contribution in [0.25, 0.3) is 0 Å². The first-order valence-electron chi connectivity index (χ1n) is 6.82. The van der Waals surface area contributed by atoms with Crippen LogP contribution in [0.1, 0.15) is 24.2 Å². The molecular weight excluding hydrogens is 268 g/mol. The average Bonchev–Trinajstić information content (AvgIpc) is 2.98. The van der Waals surface area contributed by atoms with Gasteiger partial charge in [0.05, 0.1) is 23.1 Å². The SMILES string of the molecule is CC(C)[C@H]1C(=O)Nc2ccccc2N1C(=O)c1cn[nH]c1. The first-order valence-corrected chi connectivity index (χ1v) is 6.82. The third-order valence-electron chi connectivity index (χ3n) is 3.56. The van der Waals surface area contributed by atoms with Gasteiger partial charge in [-0.3, -0.25) is 19.6 Å². The Morgan fingerprint density at radius 1 is 1.33 bits per heavy atom. The van der Waals surface area contributed by atoms with Crippen molar-refractivity contribution in [2.45, 2.75) is 19.9 Å². The van der Waals surface area contributed by atoms with E-state index in [9.17, 15) is 9.59 Å². The number of aromatic amines is 1. The summed E-state index contributed by atoms with van der Waals surface area (Å²) in [5.74, 6) is -0.403. The summed E-state index contributed by atoms with van der Waals surface area (Å²) in [6.07, 6.45) is 3.00. The minimum absolute atomic E-state index is 0.00536. The van der Waals surface area contributed by atoms with Gasteiger partial charge in [0.25, 0.3) is 5.91 Å². The van der Waals surface area contributed by atoms with Crippen molar-refractivity contribution in [3.8, 4) is 0 Å². The van der Waals surface area contributed by atoms with E-state index in [1.54, 1.807) is 11.0 Å². The number of benzene rings is 1. The fraction of sp³-hybridized carbons (Fsp3) is 0.267. The number of carbonyl (C=O) groups excluding carboxylic acids is 2. The summed E-state index contributed by atoms with van der Waals surface area (Å²) in [5, 5.41) is 9.31. The molecule has 2 heterocycles. The molecule has 1 aliphatic rings. The topological polar surface area (TPSA) is 78.1 Å². The largest absolute Gasteiger partial charge is 0.322 e. The lowest BCUT2D eigenvalue weighted by molar-refractivity contribution is -0.118. The van der Waals surface area contributed by atoms with Crippen LogP contribution in [0.4, 0.5) is 11.4 Å². The molecule has 6 nitrogen and oxygen atoms in total. The van der Waals surface area contributed by atoms with E-state index in [4.69, 9.17) is 0 Å². The highest BCUT2D eigenvalue weighted by molar-refractivity contribution is 6.16. The second-order valence-corrected chi connectivity index (χ2v) is 5.36. The summed E-state index contributed by atoms with van der Waals surface area (Å²) in [5.41, 5.74) is 1.79. The van der Waals surface area contributed by atoms with Crippen LogP contribution in [0.5, 0.6) is 0 Å². The number of anilines is 2. The maximum Gasteiger partial charge on any atom is 0.262 e. The van der Waals surface area contributed by atoms with Crippen LogP contribution in [-0.2, 0) is 4.79 Å². The normalized spacial score (nSPS) is 17.6. The number of fused-ring (bicyclic) bond motifs is 1. The van der Waals surface area contributed by atoms with Gasteiger partial charge in [0.1, 0.15) is 6.04 Å². The van der Waals surface area contributed by atoms with E-state index < -0.39 is 6.04 Å². The Kier molecular flexibility index (Phi) is 3.21. The molecule has 1 aromatic carbocycles. The Morgan fingerprint density at radius 2 is 2.10 bits per heavy atom. The highest BCUT2D eigenvalue weighted by atomic mass is 16.2. The fourth-order valence-electron chi connectivity index (χ4n) is 2.61. The number of hydrogen-bond donors (Lipinski definition) is 2. The lowest BCUT2D eigenvalue weighted by Gasteiger charge is -2.38. The molecule has 2 amide bonds. The Hall–Kier alpha value is -2.63. The quantitative estimate of drug-likeness (QED) is 0.885. The predicted octanol–water partition coefficient (Wildman–Crippen LogP) is 2.03. The minimum Gasteiger partial charge on any atom is -0.322 e. The molecule has 0 unspecified atom stereocenters. The van der Waals surface area contributed by atoms with Gasteiger partial charge < -0.3 is 5.32 Å². The van der Waals surface area contributed by atoms with Crippen LogP contribution in [0.3, 0.4) is 0 Å². The molecule has 3 rings (SSSR count). The van der Waals surface area contributed by atoms with E-state index in [1.165, 1.54) is 12.4 Å². The van der Waals surface area contributed by atoms with Gasteiger partial charge in [-0.05, 0) is 18.1 Å². The first kappa shape index (κ1) is 13.4. The molecule has 0 bridgehead atoms. The Morgan fingerprint density at radius 3 is 2.76 bits per heavy atom. The van der Waals surface area contributed by atoms with Crippen molar-refractivity contribution in [3.05, 3.63) is 42.2 Å².